The van der Waals surface area contributed by atoms with Crippen molar-refractivity contribution in [3.8, 4) is 11.5 Å². The molecule has 0 bridgehead atoms. The number of carbonyl (C=O) groups is 2. The second kappa shape index (κ2) is 8.18. The van der Waals surface area contributed by atoms with E-state index >= 15 is 0 Å². The minimum Gasteiger partial charge on any atom is -0.497 e. The summed E-state index contributed by atoms with van der Waals surface area (Å²) >= 11 is 0. The number of carbonyl (C=O) groups excluding carboxylic acids is 2. The number of amides is 2. The van der Waals surface area contributed by atoms with Gasteiger partial charge in [-0.05, 0) is 18.6 Å². The molecule has 1 aromatic heterocycles. The van der Waals surface area contributed by atoms with Crippen molar-refractivity contribution in [3.05, 3.63) is 35.7 Å². The summed E-state index contributed by atoms with van der Waals surface area (Å²) in [6, 6.07) is 4.88. The van der Waals surface area contributed by atoms with E-state index in [4.69, 9.17) is 9.47 Å². The number of benzene rings is 1. The average molecular weight is 346 g/mol. The smallest absolute Gasteiger partial charge is 0.271 e. The zero-order valence-corrected chi connectivity index (χ0v) is 14.8. The minimum absolute atomic E-state index is 0.286. The number of nitrogens with zero attached hydrogens (tertiary/aromatic N) is 2. The van der Waals surface area contributed by atoms with Gasteiger partial charge in [0.25, 0.3) is 11.8 Å². The zero-order chi connectivity index (χ0) is 18.4. The molecule has 2 aromatic rings. The molecule has 1 heterocycles. The van der Waals surface area contributed by atoms with E-state index in [1.807, 2.05) is 6.92 Å². The lowest BCUT2D eigenvalue weighted by Crippen LogP contribution is -2.27. The van der Waals surface area contributed by atoms with Gasteiger partial charge in [-0.25, -0.2) is 0 Å². The second-order valence-corrected chi connectivity index (χ2v) is 5.31. The predicted octanol–water partition coefficient (Wildman–Crippen LogP) is 1.83. The van der Waals surface area contributed by atoms with Crippen LogP contribution in [-0.4, -0.2) is 42.4 Å². The highest BCUT2D eigenvalue weighted by atomic mass is 16.5. The lowest BCUT2D eigenvalue weighted by atomic mass is 10.1. The van der Waals surface area contributed by atoms with Crippen molar-refractivity contribution in [3.63, 3.8) is 0 Å². The molecule has 0 radical (unpaired) electrons. The summed E-state index contributed by atoms with van der Waals surface area (Å²) < 4.78 is 11.8. The molecular formula is C17H22N4O4. The van der Waals surface area contributed by atoms with Gasteiger partial charge in [0, 0.05) is 19.7 Å². The standard InChI is InChI=1S/C17H22N4O4/c1-5-8-18-17(23)15-13(10-19-21(15)2)20-16(22)12-7-6-11(24-3)9-14(12)25-4/h6-7,9-10H,5,8H2,1-4H3,(H,18,23)(H,20,22). The number of aromatic nitrogens is 2. The van der Waals surface area contributed by atoms with Crippen LogP contribution in [0.3, 0.4) is 0 Å². The molecule has 1 aromatic carbocycles. The normalized spacial score (nSPS) is 10.2. The number of ether oxygens (including phenoxy) is 2. The molecule has 25 heavy (non-hydrogen) atoms. The topological polar surface area (TPSA) is 94.5 Å². The maximum absolute atomic E-state index is 12.6. The number of rotatable bonds is 7. The molecule has 134 valence electrons. The Bertz CT molecular complexity index is 770. The highest BCUT2D eigenvalue weighted by molar-refractivity contribution is 6.09. The second-order valence-electron chi connectivity index (χ2n) is 5.31. The fraction of sp³-hybridized carbons (Fsp3) is 0.353. The molecular weight excluding hydrogens is 324 g/mol. The van der Waals surface area contributed by atoms with Gasteiger partial charge in [-0.15, -0.1) is 0 Å². The minimum atomic E-state index is -0.406. The molecule has 0 saturated carbocycles. The molecule has 0 aliphatic carbocycles. The van der Waals surface area contributed by atoms with Crippen molar-refractivity contribution in [2.45, 2.75) is 13.3 Å². The van der Waals surface area contributed by atoms with Crippen LogP contribution in [-0.2, 0) is 7.05 Å². The summed E-state index contributed by atoms with van der Waals surface area (Å²) in [5, 5.41) is 9.54. The largest absolute Gasteiger partial charge is 0.497 e. The van der Waals surface area contributed by atoms with E-state index in [9.17, 15) is 9.59 Å². The maximum atomic E-state index is 12.6. The molecule has 8 nitrogen and oxygen atoms in total. The van der Waals surface area contributed by atoms with Gasteiger partial charge in [0.05, 0.1) is 31.7 Å². The van der Waals surface area contributed by atoms with Crippen molar-refractivity contribution < 1.29 is 19.1 Å². The van der Waals surface area contributed by atoms with Gasteiger partial charge in [0.2, 0.25) is 0 Å². The number of aryl methyl sites for hydroxylation is 1. The van der Waals surface area contributed by atoms with Crippen molar-refractivity contribution in [1.82, 2.24) is 15.1 Å². The monoisotopic (exact) mass is 346 g/mol. The fourth-order valence-corrected chi connectivity index (χ4v) is 2.30. The number of hydrogen-bond acceptors (Lipinski definition) is 5. The summed E-state index contributed by atoms with van der Waals surface area (Å²) in [7, 11) is 4.65. The van der Waals surface area contributed by atoms with Gasteiger partial charge in [-0.3, -0.25) is 14.3 Å². The molecule has 0 fully saturated rings. The molecule has 0 atom stereocenters. The van der Waals surface area contributed by atoms with Crippen LogP contribution < -0.4 is 20.1 Å². The summed E-state index contributed by atoms with van der Waals surface area (Å²) in [6.45, 7) is 2.51. The molecule has 0 aliphatic heterocycles. The first-order valence-corrected chi connectivity index (χ1v) is 7.85. The molecule has 0 spiro atoms. The van der Waals surface area contributed by atoms with Crippen LogP contribution in [0, 0.1) is 0 Å². The SMILES string of the molecule is CCCNC(=O)c1c(NC(=O)c2ccc(OC)cc2OC)cnn1C. The molecule has 2 amide bonds. The third-order valence-corrected chi connectivity index (χ3v) is 3.59. The number of hydrogen-bond donors (Lipinski definition) is 2. The molecule has 0 unspecified atom stereocenters. The van der Waals surface area contributed by atoms with Crippen LogP contribution in [0.2, 0.25) is 0 Å². The highest BCUT2D eigenvalue weighted by Gasteiger charge is 2.20. The van der Waals surface area contributed by atoms with Gasteiger partial charge >= 0.3 is 0 Å². The van der Waals surface area contributed by atoms with Crippen molar-refractivity contribution in [2.24, 2.45) is 7.05 Å². The predicted molar refractivity (Wildman–Crippen MR) is 93.3 cm³/mol. The van der Waals surface area contributed by atoms with E-state index in [1.165, 1.54) is 25.1 Å². The van der Waals surface area contributed by atoms with Crippen LogP contribution in [0.4, 0.5) is 5.69 Å². The zero-order valence-electron chi connectivity index (χ0n) is 14.8. The Morgan fingerprint density at radius 1 is 1.20 bits per heavy atom. The van der Waals surface area contributed by atoms with Gasteiger partial charge in [0.15, 0.2) is 0 Å². The first kappa shape index (κ1) is 18.3. The van der Waals surface area contributed by atoms with Crippen molar-refractivity contribution >= 4 is 17.5 Å². The highest BCUT2D eigenvalue weighted by Crippen LogP contribution is 2.26. The fourth-order valence-electron chi connectivity index (χ4n) is 2.30. The van der Waals surface area contributed by atoms with Gasteiger partial charge < -0.3 is 20.1 Å². The van der Waals surface area contributed by atoms with Crippen LogP contribution in [0.5, 0.6) is 11.5 Å². The van der Waals surface area contributed by atoms with Crippen molar-refractivity contribution in [2.75, 3.05) is 26.1 Å². The van der Waals surface area contributed by atoms with E-state index < -0.39 is 5.91 Å². The molecule has 0 saturated heterocycles. The maximum Gasteiger partial charge on any atom is 0.271 e. The number of nitrogens with one attached hydrogen (secondary N) is 2. The van der Waals surface area contributed by atoms with Gasteiger partial charge in [0.1, 0.15) is 17.2 Å². The molecule has 2 N–H and O–H groups in total. The van der Waals surface area contributed by atoms with E-state index in [-0.39, 0.29) is 11.6 Å². The third kappa shape index (κ3) is 4.09. The summed E-state index contributed by atoms with van der Waals surface area (Å²) in [5.41, 5.74) is 0.945. The van der Waals surface area contributed by atoms with Crippen LogP contribution in [0.15, 0.2) is 24.4 Å². The summed E-state index contributed by atoms with van der Waals surface area (Å²) in [6.07, 6.45) is 2.25. The molecule has 8 heteroatoms. The number of methoxy groups -OCH3 is 2. The molecule has 0 aliphatic rings. The lowest BCUT2D eigenvalue weighted by molar-refractivity contribution is 0.0945. The van der Waals surface area contributed by atoms with Crippen LogP contribution in [0.1, 0.15) is 34.2 Å². The summed E-state index contributed by atoms with van der Waals surface area (Å²) in [5.74, 6) is 0.253. The Balaban J connectivity index is 2.26. The third-order valence-electron chi connectivity index (χ3n) is 3.59. The van der Waals surface area contributed by atoms with Crippen LogP contribution >= 0.6 is 0 Å². The van der Waals surface area contributed by atoms with Gasteiger partial charge in [-0.2, -0.15) is 5.10 Å². The first-order valence-electron chi connectivity index (χ1n) is 7.85. The van der Waals surface area contributed by atoms with E-state index in [0.29, 0.717) is 29.3 Å². The number of anilines is 1. The average Bonchev–Trinajstić information content (AvgIpc) is 2.99. The van der Waals surface area contributed by atoms with E-state index in [1.54, 1.807) is 25.2 Å². The molecule has 2 rings (SSSR count). The first-order chi connectivity index (χ1) is 12.0. The quantitative estimate of drug-likeness (QED) is 0.798. The van der Waals surface area contributed by atoms with Crippen molar-refractivity contribution in [1.29, 1.82) is 0 Å². The Labute approximate surface area is 146 Å². The summed E-state index contributed by atoms with van der Waals surface area (Å²) in [4.78, 5) is 24.9. The Morgan fingerprint density at radius 2 is 1.96 bits per heavy atom. The van der Waals surface area contributed by atoms with E-state index in [0.717, 1.165) is 6.42 Å². The Morgan fingerprint density at radius 3 is 2.60 bits per heavy atom. The Kier molecular flexibility index (Phi) is 5.99. The Hall–Kier alpha value is -3.03. The van der Waals surface area contributed by atoms with Gasteiger partial charge in [-0.1, -0.05) is 6.92 Å². The van der Waals surface area contributed by atoms with E-state index in [2.05, 4.69) is 15.7 Å². The van der Waals surface area contributed by atoms with Crippen LogP contribution in [0.25, 0.3) is 0 Å². The lowest BCUT2D eigenvalue weighted by Gasteiger charge is -2.11.